The number of aromatic nitrogens is 1. The van der Waals surface area contributed by atoms with Crippen LogP contribution in [-0.4, -0.2) is 4.98 Å². The summed E-state index contributed by atoms with van der Waals surface area (Å²) in [6, 6.07) is 6.86. The molecular formula is C13H15FN2S. The molecule has 0 bridgehead atoms. The van der Waals surface area contributed by atoms with E-state index in [1.807, 2.05) is 11.6 Å². The van der Waals surface area contributed by atoms with Crippen LogP contribution in [0.15, 0.2) is 35.8 Å². The van der Waals surface area contributed by atoms with Crippen molar-refractivity contribution in [3.05, 3.63) is 52.2 Å². The molecule has 2 rings (SSSR count). The third kappa shape index (κ3) is 3.35. The largest absolute Gasteiger partial charge is 0.304 e. The summed E-state index contributed by atoms with van der Waals surface area (Å²) in [4.78, 5) is 4.31. The molecule has 1 atom stereocenters. The van der Waals surface area contributed by atoms with Crippen LogP contribution in [0.25, 0.3) is 0 Å². The first kappa shape index (κ1) is 12.2. The third-order valence-electron chi connectivity index (χ3n) is 2.62. The molecule has 1 heterocycles. The molecule has 1 aromatic carbocycles. The second-order valence-corrected chi connectivity index (χ2v) is 4.76. The Morgan fingerprint density at radius 1 is 1.35 bits per heavy atom. The highest BCUT2D eigenvalue weighted by atomic mass is 32.1. The Kier molecular flexibility index (Phi) is 4.23. The minimum absolute atomic E-state index is 0.194. The molecule has 0 spiro atoms. The van der Waals surface area contributed by atoms with E-state index in [1.165, 1.54) is 12.1 Å². The highest BCUT2D eigenvalue weighted by Gasteiger charge is 2.10. The smallest absolute Gasteiger partial charge is 0.123 e. The van der Waals surface area contributed by atoms with Crippen molar-refractivity contribution in [1.29, 1.82) is 0 Å². The lowest BCUT2D eigenvalue weighted by Gasteiger charge is -2.14. The van der Waals surface area contributed by atoms with Gasteiger partial charge in [-0.3, -0.25) is 0 Å². The molecule has 0 aliphatic heterocycles. The van der Waals surface area contributed by atoms with E-state index in [9.17, 15) is 4.39 Å². The van der Waals surface area contributed by atoms with Crippen LogP contribution >= 0.6 is 11.3 Å². The Morgan fingerprint density at radius 3 is 2.71 bits per heavy atom. The van der Waals surface area contributed by atoms with Gasteiger partial charge in [0, 0.05) is 18.1 Å². The van der Waals surface area contributed by atoms with Gasteiger partial charge in [0.05, 0.1) is 6.04 Å². The Bertz CT molecular complexity index is 439. The fourth-order valence-corrected chi connectivity index (χ4v) is 2.45. The van der Waals surface area contributed by atoms with Gasteiger partial charge in [0.1, 0.15) is 10.8 Å². The quantitative estimate of drug-likeness (QED) is 0.878. The lowest BCUT2D eigenvalue weighted by atomic mass is 10.2. The van der Waals surface area contributed by atoms with E-state index in [4.69, 9.17) is 0 Å². The first-order valence-corrected chi connectivity index (χ1v) is 6.54. The van der Waals surface area contributed by atoms with Gasteiger partial charge in [-0.15, -0.1) is 11.3 Å². The second kappa shape index (κ2) is 5.89. The van der Waals surface area contributed by atoms with Gasteiger partial charge in [0.2, 0.25) is 0 Å². The summed E-state index contributed by atoms with van der Waals surface area (Å²) >= 11 is 1.66. The van der Waals surface area contributed by atoms with E-state index in [0.29, 0.717) is 0 Å². The second-order valence-electron chi connectivity index (χ2n) is 3.84. The number of hydrogen-bond donors (Lipinski definition) is 1. The normalized spacial score (nSPS) is 12.6. The van der Waals surface area contributed by atoms with Crippen molar-refractivity contribution in [3.63, 3.8) is 0 Å². The Morgan fingerprint density at radius 2 is 2.12 bits per heavy atom. The zero-order valence-corrected chi connectivity index (χ0v) is 10.5. The molecule has 0 fully saturated rings. The number of halogens is 1. The van der Waals surface area contributed by atoms with Gasteiger partial charge in [-0.1, -0.05) is 19.1 Å². The summed E-state index contributed by atoms with van der Waals surface area (Å²) in [7, 11) is 0. The van der Waals surface area contributed by atoms with Gasteiger partial charge < -0.3 is 5.32 Å². The molecule has 0 saturated heterocycles. The minimum Gasteiger partial charge on any atom is -0.304 e. The summed E-state index contributed by atoms with van der Waals surface area (Å²) in [6.45, 7) is 2.86. The fraction of sp³-hybridized carbons (Fsp3) is 0.308. The van der Waals surface area contributed by atoms with Crippen LogP contribution in [0, 0.1) is 5.82 Å². The zero-order valence-electron chi connectivity index (χ0n) is 9.69. The van der Waals surface area contributed by atoms with Gasteiger partial charge in [-0.05, 0) is 24.1 Å². The summed E-state index contributed by atoms with van der Waals surface area (Å²) in [5.74, 6) is -0.194. The lowest BCUT2D eigenvalue weighted by Crippen LogP contribution is -2.20. The van der Waals surface area contributed by atoms with Crippen molar-refractivity contribution >= 4 is 11.3 Å². The minimum atomic E-state index is -0.194. The molecule has 0 amide bonds. The van der Waals surface area contributed by atoms with E-state index in [1.54, 1.807) is 23.5 Å². The zero-order chi connectivity index (χ0) is 12.1. The van der Waals surface area contributed by atoms with Crippen LogP contribution in [0.3, 0.4) is 0 Å². The summed E-state index contributed by atoms with van der Waals surface area (Å²) in [5.41, 5.74) is 1.08. The van der Waals surface area contributed by atoms with Crippen LogP contribution in [0.2, 0.25) is 0 Å². The van der Waals surface area contributed by atoms with Crippen molar-refractivity contribution in [2.45, 2.75) is 25.9 Å². The van der Waals surface area contributed by atoms with Gasteiger partial charge in [-0.25, -0.2) is 9.37 Å². The number of nitrogens with zero attached hydrogens (tertiary/aromatic N) is 1. The topological polar surface area (TPSA) is 24.9 Å². The number of benzene rings is 1. The summed E-state index contributed by atoms with van der Waals surface area (Å²) in [6.07, 6.45) is 2.82. The van der Waals surface area contributed by atoms with Gasteiger partial charge >= 0.3 is 0 Å². The maximum absolute atomic E-state index is 12.7. The molecule has 4 heteroatoms. The van der Waals surface area contributed by atoms with Crippen molar-refractivity contribution < 1.29 is 4.39 Å². The molecule has 1 aromatic heterocycles. The van der Waals surface area contributed by atoms with Crippen LogP contribution < -0.4 is 5.32 Å². The molecule has 0 saturated carbocycles. The van der Waals surface area contributed by atoms with Crippen molar-refractivity contribution in [1.82, 2.24) is 10.3 Å². The van der Waals surface area contributed by atoms with Crippen LogP contribution in [0.5, 0.6) is 0 Å². The molecule has 17 heavy (non-hydrogen) atoms. The molecular weight excluding hydrogens is 235 g/mol. The molecule has 2 nitrogen and oxygen atoms in total. The maximum atomic E-state index is 12.7. The first-order chi connectivity index (χ1) is 8.29. The number of hydrogen-bond acceptors (Lipinski definition) is 3. The number of thiazole rings is 1. The summed E-state index contributed by atoms with van der Waals surface area (Å²) in [5, 5.41) is 6.52. The van der Waals surface area contributed by atoms with Crippen molar-refractivity contribution in [3.8, 4) is 0 Å². The molecule has 0 aliphatic rings. The monoisotopic (exact) mass is 250 g/mol. The third-order valence-corrected chi connectivity index (χ3v) is 3.51. The molecule has 0 radical (unpaired) electrons. The number of nitrogens with one attached hydrogen (secondary N) is 1. The maximum Gasteiger partial charge on any atom is 0.123 e. The summed E-state index contributed by atoms with van der Waals surface area (Å²) < 4.78 is 12.7. The number of rotatable bonds is 5. The predicted molar refractivity (Wildman–Crippen MR) is 68.4 cm³/mol. The molecule has 2 aromatic rings. The highest BCUT2D eigenvalue weighted by Crippen LogP contribution is 2.19. The van der Waals surface area contributed by atoms with Crippen LogP contribution in [0.1, 0.15) is 30.0 Å². The van der Waals surface area contributed by atoms with Gasteiger partial charge in [0.15, 0.2) is 0 Å². The van der Waals surface area contributed by atoms with Crippen molar-refractivity contribution in [2.75, 3.05) is 0 Å². The standard InChI is InChI=1S/C13H15FN2S/c1-2-12(13-15-7-8-17-13)16-9-10-3-5-11(14)6-4-10/h3-8,12,16H,2,9H2,1H3. The molecule has 1 unspecified atom stereocenters. The molecule has 1 N–H and O–H groups in total. The SMILES string of the molecule is CCC(NCc1ccc(F)cc1)c1nccs1. The Balaban J connectivity index is 1.94. The van der Waals surface area contributed by atoms with E-state index >= 15 is 0 Å². The van der Waals surface area contributed by atoms with E-state index in [0.717, 1.165) is 23.5 Å². The Labute approximate surface area is 105 Å². The van der Waals surface area contributed by atoms with E-state index in [2.05, 4.69) is 17.2 Å². The molecule has 0 aliphatic carbocycles. The van der Waals surface area contributed by atoms with E-state index < -0.39 is 0 Å². The van der Waals surface area contributed by atoms with E-state index in [-0.39, 0.29) is 11.9 Å². The molecule has 90 valence electrons. The van der Waals surface area contributed by atoms with Gasteiger partial charge in [0.25, 0.3) is 0 Å². The highest BCUT2D eigenvalue weighted by molar-refractivity contribution is 7.09. The average molecular weight is 250 g/mol. The lowest BCUT2D eigenvalue weighted by molar-refractivity contribution is 0.516. The predicted octanol–water partition coefficient (Wildman–Crippen LogP) is 3.52. The first-order valence-electron chi connectivity index (χ1n) is 5.67. The average Bonchev–Trinajstić information content (AvgIpc) is 2.86. The fourth-order valence-electron chi connectivity index (χ4n) is 1.66. The Hall–Kier alpha value is -1.26. The van der Waals surface area contributed by atoms with Gasteiger partial charge in [-0.2, -0.15) is 0 Å². The van der Waals surface area contributed by atoms with Crippen LogP contribution in [-0.2, 0) is 6.54 Å². The van der Waals surface area contributed by atoms with Crippen molar-refractivity contribution in [2.24, 2.45) is 0 Å². The van der Waals surface area contributed by atoms with Crippen LogP contribution in [0.4, 0.5) is 4.39 Å².